The van der Waals surface area contributed by atoms with Gasteiger partial charge >= 0.3 is 0 Å². The lowest BCUT2D eigenvalue weighted by molar-refractivity contribution is -0.122. The minimum atomic E-state index is 0.0840. The van der Waals surface area contributed by atoms with Gasteiger partial charge in [-0.2, -0.15) is 5.10 Å². The first kappa shape index (κ1) is 20.1. The van der Waals surface area contributed by atoms with E-state index in [9.17, 15) is 4.79 Å². The fraction of sp³-hybridized carbons (Fsp3) is 0.667. The number of hydrogen-bond donors (Lipinski definition) is 1. The number of carbonyl (C=O) groups excluding carboxylic acids is 1. The van der Waals surface area contributed by atoms with Gasteiger partial charge in [-0.3, -0.25) is 4.79 Å². The predicted molar refractivity (Wildman–Crippen MR) is 113 cm³/mol. The predicted octanol–water partition coefficient (Wildman–Crippen LogP) is 5.80. The number of carbonyl (C=O) groups is 1. The zero-order chi connectivity index (χ0) is 19.8. The van der Waals surface area contributed by atoms with Crippen LogP contribution in [0.15, 0.2) is 29.4 Å². The molecule has 1 aromatic rings. The lowest BCUT2D eigenvalue weighted by atomic mass is 9.72. The summed E-state index contributed by atoms with van der Waals surface area (Å²) in [6, 6.07) is 8.80. The van der Waals surface area contributed by atoms with Gasteiger partial charge in [-0.15, -0.1) is 0 Å². The number of amides is 1. The van der Waals surface area contributed by atoms with Gasteiger partial charge in [0, 0.05) is 11.6 Å². The minimum Gasteiger partial charge on any atom is -0.273 e. The second kappa shape index (κ2) is 7.41. The number of hydrazone groups is 1. The maximum atomic E-state index is 12.5. The van der Waals surface area contributed by atoms with Crippen molar-refractivity contribution in [3.63, 3.8) is 0 Å². The summed E-state index contributed by atoms with van der Waals surface area (Å²) in [6.45, 7) is 13.6. The monoisotopic (exact) mass is 368 g/mol. The molecular formula is C24H36N2O. The molecule has 148 valence electrons. The van der Waals surface area contributed by atoms with E-state index in [1.807, 2.05) is 0 Å². The molecule has 0 aliphatic heterocycles. The van der Waals surface area contributed by atoms with Crippen molar-refractivity contribution in [1.82, 2.24) is 5.43 Å². The molecule has 1 N–H and O–H groups in total. The summed E-state index contributed by atoms with van der Waals surface area (Å²) in [6.07, 6.45) is 5.35. The molecule has 2 aliphatic rings. The number of benzene rings is 1. The molecular weight excluding hydrogens is 332 g/mol. The van der Waals surface area contributed by atoms with Crippen molar-refractivity contribution >= 4 is 11.6 Å². The highest BCUT2D eigenvalue weighted by atomic mass is 16.2. The van der Waals surface area contributed by atoms with Crippen LogP contribution in [0, 0.1) is 17.3 Å². The van der Waals surface area contributed by atoms with Gasteiger partial charge in [-0.05, 0) is 65.9 Å². The Bertz CT molecular complexity index is 693. The van der Waals surface area contributed by atoms with Crippen molar-refractivity contribution in [2.24, 2.45) is 22.4 Å². The molecule has 0 bridgehead atoms. The standard InChI is InChI=1S/C24H36N2O/c1-23(2,3)17-9-7-16(8-10-17)20-15-21(20)22(27)26-25-19-13-11-18(12-14-19)24(4,5)6/h7-10,18,20-21H,11-15H2,1-6H3,(H,26,27)/t18?,20-,21-/m1/s1. The fourth-order valence-corrected chi connectivity index (χ4v) is 4.23. The fourth-order valence-electron chi connectivity index (χ4n) is 4.23. The van der Waals surface area contributed by atoms with Crippen molar-refractivity contribution in [1.29, 1.82) is 0 Å². The summed E-state index contributed by atoms with van der Waals surface area (Å²) in [4.78, 5) is 12.5. The Morgan fingerprint density at radius 2 is 1.59 bits per heavy atom. The van der Waals surface area contributed by atoms with Gasteiger partial charge in [0.25, 0.3) is 0 Å². The molecule has 0 heterocycles. The van der Waals surface area contributed by atoms with Crippen LogP contribution >= 0.6 is 0 Å². The molecule has 1 aromatic carbocycles. The number of nitrogens with zero attached hydrogens (tertiary/aromatic N) is 1. The highest BCUT2D eigenvalue weighted by molar-refractivity contribution is 5.88. The normalized spacial score (nSPS) is 25.9. The summed E-state index contributed by atoms with van der Waals surface area (Å²) >= 11 is 0. The maximum absolute atomic E-state index is 12.5. The molecule has 0 radical (unpaired) electrons. The third kappa shape index (κ3) is 5.00. The molecule has 3 nitrogen and oxygen atoms in total. The summed E-state index contributed by atoms with van der Waals surface area (Å²) in [7, 11) is 0. The van der Waals surface area contributed by atoms with E-state index >= 15 is 0 Å². The zero-order valence-electron chi connectivity index (χ0n) is 17.9. The first-order valence-corrected chi connectivity index (χ1v) is 10.5. The molecule has 3 heteroatoms. The van der Waals surface area contributed by atoms with Gasteiger partial charge in [0.2, 0.25) is 5.91 Å². The molecule has 2 atom stereocenters. The van der Waals surface area contributed by atoms with Crippen molar-refractivity contribution in [2.45, 2.75) is 85.0 Å². The molecule has 1 amide bonds. The Morgan fingerprint density at radius 1 is 1.00 bits per heavy atom. The van der Waals surface area contributed by atoms with Gasteiger partial charge in [0.15, 0.2) is 0 Å². The lowest BCUT2D eigenvalue weighted by Crippen LogP contribution is -2.28. The summed E-state index contributed by atoms with van der Waals surface area (Å²) in [5.41, 5.74) is 7.17. The van der Waals surface area contributed by atoms with Crippen LogP contribution in [0.3, 0.4) is 0 Å². The quantitative estimate of drug-likeness (QED) is 0.673. The van der Waals surface area contributed by atoms with Crippen molar-refractivity contribution in [3.05, 3.63) is 35.4 Å². The number of hydrogen-bond acceptors (Lipinski definition) is 2. The SMILES string of the molecule is CC(C)(C)c1ccc([C@H]2C[C@H]2C(=O)NN=C2CCC(C(C)(C)C)CC2)cc1. The molecule has 27 heavy (non-hydrogen) atoms. The number of rotatable bonds is 3. The van der Waals surface area contributed by atoms with Crippen molar-refractivity contribution in [3.8, 4) is 0 Å². The van der Waals surface area contributed by atoms with E-state index in [2.05, 4.69) is 76.3 Å². The maximum Gasteiger partial charge on any atom is 0.243 e. The summed E-state index contributed by atoms with van der Waals surface area (Å²) in [5, 5.41) is 4.45. The van der Waals surface area contributed by atoms with E-state index in [0.717, 1.165) is 30.9 Å². The third-order valence-corrected chi connectivity index (χ3v) is 6.44. The van der Waals surface area contributed by atoms with E-state index < -0.39 is 0 Å². The first-order chi connectivity index (χ1) is 12.6. The van der Waals surface area contributed by atoms with Crippen LogP contribution in [0.2, 0.25) is 0 Å². The number of nitrogens with one attached hydrogen (secondary N) is 1. The zero-order valence-corrected chi connectivity index (χ0v) is 17.9. The smallest absolute Gasteiger partial charge is 0.243 e. The molecule has 3 rings (SSSR count). The van der Waals surface area contributed by atoms with Gasteiger partial charge in [-0.25, -0.2) is 5.43 Å². The van der Waals surface area contributed by atoms with Crippen LogP contribution in [0.1, 0.15) is 90.7 Å². The molecule has 0 unspecified atom stereocenters. The van der Waals surface area contributed by atoms with E-state index in [4.69, 9.17) is 0 Å². The Kier molecular flexibility index (Phi) is 5.52. The van der Waals surface area contributed by atoms with Gasteiger partial charge in [0.05, 0.1) is 0 Å². The largest absolute Gasteiger partial charge is 0.273 e. The first-order valence-electron chi connectivity index (χ1n) is 10.5. The topological polar surface area (TPSA) is 41.5 Å². The molecule has 0 saturated heterocycles. The second-order valence-corrected chi connectivity index (χ2v) is 10.6. The van der Waals surface area contributed by atoms with Gasteiger partial charge < -0.3 is 0 Å². The molecule has 2 aliphatic carbocycles. The minimum absolute atomic E-state index is 0.0840. The Morgan fingerprint density at radius 3 is 2.11 bits per heavy atom. The summed E-state index contributed by atoms with van der Waals surface area (Å²) in [5.74, 6) is 1.29. The van der Waals surface area contributed by atoms with Gasteiger partial charge in [-0.1, -0.05) is 65.8 Å². The molecule has 0 aromatic heterocycles. The Balaban J connectivity index is 1.49. The van der Waals surface area contributed by atoms with Crippen LogP contribution in [0.25, 0.3) is 0 Å². The average Bonchev–Trinajstić information content (AvgIpc) is 3.39. The van der Waals surface area contributed by atoms with Crippen molar-refractivity contribution in [2.75, 3.05) is 0 Å². The van der Waals surface area contributed by atoms with Crippen LogP contribution in [0.4, 0.5) is 0 Å². The highest BCUT2D eigenvalue weighted by Crippen LogP contribution is 2.47. The highest BCUT2D eigenvalue weighted by Gasteiger charge is 2.44. The van der Waals surface area contributed by atoms with Gasteiger partial charge in [0.1, 0.15) is 0 Å². The van der Waals surface area contributed by atoms with Crippen LogP contribution in [0.5, 0.6) is 0 Å². The van der Waals surface area contributed by atoms with E-state index in [1.54, 1.807) is 0 Å². The summed E-state index contributed by atoms with van der Waals surface area (Å²) < 4.78 is 0. The second-order valence-electron chi connectivity index (χ2n) is 10.6. The van der Waals surface area contributed by atoms with Crippen molar-refractivity contribution < 1.29 is 4.79 Å². The molecule has 2 fully saturated rings. The van der Waals surface area contributed by atoms with Crippen LogP contribution in [-0.2, 0) is 10.2 Å². The van der Waals surface area contributed by atoms with E-state index in [1.165, 1.54) is 24.0 Å². The average molecular weight is 369 g/mol. The molecule has 0 spiro atoms. The lowest BCUT2D eigenvalue weighted by Gasteiger charge is -2.34. The Labute approximate surface area is 165 Å². The van der Waals surface area contributed by atoms with E-state index in [-0.39, 0.29) is 17.2 Å². The molecule has 2 saturated carbocycles. The third-order valence-electron chi connectivity index (χ3n) is 6.44. The van der Waals surface area contributed by atoms with Crippen LogP contribution in [-0.4, -0.2) is 11.6 Å². The van der Waals surface area contributed by atoms with Crippen LogP contribution < -0.4 is 5.43 Å². The Hall–Kier alpha value is -1.64. The van der Waals surface area contributed by atoms with E-state index in [0.29, 0.717) is 11.3 Å².